The Labute approximate surface area is 166 Å². The monoisotopic (exact) mass is 409 g/mol. The summed E-state index contributed by atoms with van der Waals surface area (Å²) in [7, 11) is 0. The van der Waals surface area contributed by atoms with Gasteiger partial charge in [0, 0.05) is 24.7 Å². The number of hydrogen-bond acceptors (Lipinski definition) is 6. The van der Waals surface area contributed by atoms with Crippen LogP contribution in [-0.4, -0.2) is 35.4 Å². The van der Waals surface area contributed by atoms with Gasteiger partial charge in [-0.05, 0) is 30.1 Å². The Morgan fingerprint density at radius 3 is 2.71 bits per heavy atom. The lowest BCUT2D eigenvalue weighted by Crippen LogP contribution is -2.36. The van der Waals surface area contributed by atoms with E-state index in [0.717, 1.165) is 17.1 Å². The minimum atomic E-state index is -0.801. The lowest BCUT2D eigenvalue weighted by Gasteiger charge is -2.10. The molecular weight excluding hydrogens is 385 g/mol. The van der Waals surface area contributed by atoms with Crippen LogP contribution in [0, 0.1) is 12.7 Å². The maximum atomic E-state index is 13.9. The van der Waals surface area contributed by atoms with E-state index >= 15 is 0 Å². The molecule has 0 bridgehead atoms. The topological polar surface area (TPSA) is 118 Å². The molecule has 0 saturated heterocycles. The Kier molecular flexibility index (Phi) is 7.70. The van der Waals surface area contributed by atoms with Crippen molar-refractivity contribution in [2.75, 3.05) is 18.4 Å². The molecule has 152 valence electrons. The Balaban J connectivity index is 2.00. The molecule has 5 N–H and O–H groups in total. The molecule has 0 fully saturated rings. The van der Waals surface area contributed by atoms with Crippen LogP contribution in [0.15, 0.2) is 18.2 Å². The Morgan fingerprint density at radius 1 is 1.32 bits per heavy atom. The molecular formula is C18H24FN5O3S. The van der Waals surface area contributed by atoms with E-state index in [1.807, 2.05) is 13.8 Å². The number of ether oxygens (including phenoxy) is 1. The van der Waals surface area contributed by atoms with Crippen molar-refractivity contribution in [1.29, 1.82) is 0 Å². The molecule has 2 rings (SSSR count). The number of aromatic nitrogens is 1. The zero-order valence-corrected chi connectivity index (χ0v) is 16.8. The first-order chi connectivity index (χ1) is 13.3. The first kappa shape index (κ1) is 21.6. The Hall–Kier alpha value is -2.72. The third kappa shape index (κ3) is 6.17. The summed E-state index contributed by atoms with van der Waals surface area (Å²) in [6, 6.07) is 4.56. The summed E-state index contributed by atoms with van der Waals surface area (Å²) < 4.78 is 23.4. The van der Waals surface area contributed by atoms with Crippen LogP contribution in [-0.2, 0) is 6.61 Å². The number of hydrogen-bond donors (Lipinski definition) is 4. The summed E-state index contributed by atoms with van der Waals surface area (Å²) in [6.45, 7) is 6.67. The number of nitrogens with one attached hydrogen (secondary N) is 3. The fourth-order valence-corrected chi connectivity index (χ4v) is 3.01. The predicted octanol–water partition coefficient (Wildman–Crippen LogP) is 2.39. The molecule has 0 aliphatic carbocycles. The van der Waals surface area contributed by atoms with E-state index in [-0.39, 0.29) is 23.1 Å². The molecule has 3 amide bonds. The standard InChI is InChI=1S/C18H24FN5O3S/c1-10(2)21-6-7-22-18(26)23-17-14(15(20)25)16(24-28-17)27-9-12-5-4-11(3)8-13(12)19/h4-5,8,10,21H,6-7,9H2,1-3H3,(H2,20,25)(H2,22,23,26). The molecule has 28 heavy (non-hydrogen) atoms. The van der Waals surface area contributed by atoms with Crippen molar-refractivity contribution in [2.45, 2.75) is 33.4 Å². The average molecular weight is 409 g/mol. The first-order valence-electron chi connectivity index (χ1n) is 8.73. The third-order valence-corrected chi connectivity index (χ3v) is 4.42. The van der Waals surface area contributed by atoms with E-state index < -0.39 is 17.8 Å². The summed E-state index contributed by atoms with van der Waals surface area (Å²) in [5.41, 5.74) is 6.46. The van der Waals surface area contributed by atoms with E-state index in [0.29, 0.717) is 24.7 Å². The number of amides is 3. The number of aryl methyl sites for hydroxylation is 1. The molecule has 1 aromatic heterocycles. The molecule has 0 spiro atoms. The van der Waals surface area contributed by atoms with Crippen LogP contribution in [0.2, 0.25) is 0 Å². The van der Waals surface area contributed by atoms with E-state index in [1.165, 1.54) is 6.07 Å². The van der Waals surface area contributed by atoms with Gasteiger partial charge in [0.25, 0.3) is 5.91 Å². The molecule has 0 atom stereocenters. The number of nitrogens with two attached hydrogens (primary N) is 1. The highest BCUT2D eigenvalue weighted by molar-refractivity contribution is 7.11. The number of carbonyl (C=O) groups is 2. The highest BCUT2D eigenvalue weighted by Gasteiger charge is 2.22. The molecule has 0 aliphatic rings. The van der Waals surface area contributed by atoms with Crippen LogP contribution < -0.4 is 26.4 Å². The normalized spacial score (nSPS) is 10.8. The number of halogens is 1. The van der Waals surface area contributed by atoms with Crippen molar-refractivity contribution in [1.82, 2.24) is 15.0 Å². The SMILES string of the molecule is Cc1ccc(COc2nsc(NC(=O)NCCNC(C)C)c2C(N)=O)c(F)c1. The number of primary amides is 1. The summed E-state index contributed by atoms with van der Waals surface area (Å²) in [4.78, 5) is 23.8. The van der Waals surface area contributed by atoms with E-state index in [9.17, 15) is 14.0 Å². The minimum Gasteiger partial charge on any atom is -0.471 e. The second-order valence-electron chi connectivity index (χ2n) is 6.43. The maximum absolute atomic E-state index is 13.9. The highest BCUT2D eigenvalue weighted by atomic mass is 32.1. The fourth-order valence-electron chi connectivity index (χ4n) is 2.28. The van der Waals surface area contributed by atoms with Crippen molar-refractivity contribution >= 4 is 28.5 Å². The summed E-state index contributed by atoms with van der Waals surface area (Å²) in [6.07, 6.45) is 0. The van der Waals surface area contributed by atoms with Gasteiger partial charge in [-0.3, -0.25) is 10.1 Å². The van der Waals surface area contributed by atoms with Gasteiger partial charge in [-0.25, -0.2) is 9.18 Å². The van der Waals surface area contributed by atoms with Gasteiger partial charge in [0.1, 0.15) is 23.0 Å². The van der Waals surface area contributed by atoms with Gasteiger partial charge in [0.15, 0.2) is 0 Å². The summed E-state index contributed by atoms with van der Waals surface area (Å²) in [5, 5.41) is 8.53. The number of rotatable bonds is 9. The van der Waals surface area contributed by atoms with Gasteiger partial charge in [-0.2, -0.15) is 4.37 Å². The van der Waals surface area contributed by atoms with Gasteiger partial charge >= 0.3 is 6.03 Å². The Morgan fingerprint density at radius 2 is 2.07 bits per heavy atom. The second kappa shape index (κ2) is 10.00. The lowest BCUT2D eigenvalue weighted by atomic mass is 10.1. The molecule has 0 unspecified atom stereocenters. The van der Waals surface area contributed by atoms with Crippen molar-refractivity contribution in [3.05, 3.63) is 40.7 Å². The van der Waals surface area contributed by atoms with Gasteiger partial charge in [0.2, 0.25) is 5.88 Å². The van der Waals surface area contributed by atoms with Crippen LogP contribution in [0.25, 0.3) is 0 Å². The molecule has 2 aromatic rings. The third-order valence-electron chi connectivity index (χ3n) is 3.67. The van der Waals surface area contributed by atoms with Gasteiger partial charge in [0.05, 0.1) is 0 Å². The molecule has 0 saturated carbocycles. The van der Waals surface area contributed by atoms with E-state index in [2.05, 4.69) is 20.3 Å². The second-order valence-corrected chi connectivity index (χ2v) is 7.20. The number of urea groups is 1. The lowest BCUT2D eigenvalue weighted by molar-refractivity contribution is 0.0996. The highest BCUT2D eigenvalue weighted by Crippen LogP contribution is 2.30. The van der Waals surface area contributed by atoms with Gasteiger partial charge in [-0.1, -0.05) is 26.0 Å². The van der Waals surface area contributed by atoms with Crippen molar-refractivity contribution in [3.63, 3.8) is 0 Å². The molecule has 10 heteroatoms. The van der Waals surface area contributed by atoms with E-state index in [4.69, 9.17) is 10.5 Å². The van der Waals surface area contributed by atoms with Crippen molar-refractivity contribution in [2.24, 2.45) is 5.73 Å². The van der Waals surface area contributed by atoms with Crippen molar-refractivity contribution in [3.8, 4) is 5.88 Å². The number of carbonyl (C=O) groups excluding carboxylic acids is 2. The van der Waals surface area contributed by atoms with Crippen LogP contribution in [0.1, 0.15) is 35.3 Å². The smallest absolute Gasteiger partial charge is 0.319 e. The van der Waals surface area contributed by atoms with Crippen molar-refractivity contribution < 1.29 is 18.7 Å². The molecule has 1 heterocycles. The zero-order valence-electron chi connectivity index (χ0n) is 16.0. The maximum Gasteiger partial charge on any atom is 0.319 e. The average Bonchev–Trinajstić information content (AvgIpc) is 3.00. The first-order valence-corrected chi connectivity index (χ1v) is 9.50. The number of benzene rings is 1. The molecule has 0 aliphatic heterocycles. The predicted molar refractivity (Wildman–Crippen MR) is 106 cm³/mol. The Bertz CT molecular complexity index is 841. The number of nitrogens with zero attached hydrogens (tertiary/aromatic N) is 1. The van der Waals surface area contributed by atoms with Crippen LogP contribution in [0.3, 0.4) is 0 Å². The van der Waals surface area contributed by atoms with Crippen LogP contribution in [0.5, 0.6) is 5.88 Å². The molecule has 8 nitrogen and oxygen atoms in total. The largest absolute Gasteiger partial charge is 0.471 e. The molecule has 1 aromatic carbocycles. The fraction of sp³-hybridized carbons (Fsp3) is 0.389. The summed E-state index contributed by atoms with van der Waals surface area (Å²) in [5.74, 6) is -1.26. The summed E-state index contributed by atoms with van der Waals surface area (Å²) >= 11 is 0.862. The van der Waals surface area contributed by atoms with Crippen LogP contribution in [0.4, 0.5) is 14.2 Å². The van der Waals surface area contributed by atoms with Crippen LogP contribution >= 0.6 is 11.5 Å². The number of anilines is 1. The minimum absolute atomic E-state index is 0.0470. The van der Waals surface area contributed by atoms with Gasteiger partial charge in [-0.15, -0.1) is 0 Å². The quantitative estimate of drug-likeness (QED) is 0.474. The van der Waals surface area contributed by atoms with Gasteiger partial charge < -0.3 is 21.1 Å². The molecule has 0 radical (unpaired) electrons. The van der Waals surface area contributed by atoms with E-state index in [1.54, 1.807) is 19.1 Å². The zero-order chi connectivity index (χ0) is 20.7.